The molecule has 1 aromatic rings. The van der Waals surface area contributed by atoms with E-state index in [1.807, 2.05) is 0 Å². The molecular weight excluding hydrogens is 260 g/mol. The van der Waals surface area contributed by atoms with Crippen molar-refractivity contribution in [3.05, 3.63) is 17.9 Å². The Hall–Kier alpha value is -1.38. The molecule has 0 unspecified atom stereocenters. The number of carbonyl (C=O) groups excluding carboxylic acids is 1. The van der Waals surface area contributed by atoms with Gasteiger partial charge in [0.15, 0.2) is 5.76 Å². The minimum Gasteiger partial charge on any atom is -0.438 e. The lowest BCUT2D eigenvalue weighted by atomic mass is 10.3. The van der Waals surface area contributed by atoms with Crippen molar-refractivity contribution in [2.45, 2.75) is 5.09 Å². The first-order valence-corrected chi connectivity index (χ1v) is 6.93. The van der Waals surface area contributed by atoms with Crippen molar-refractivity contribution in [1.29, 1.82) is 0 Å². The summed E-state index contributed by atoms with van der Waals surface area (Å²) in [5.74, 6) is -0.304. The fourth-order valence-electron chi connectivity index (χ4n) is 1.60. The van der Waals surface area contributed by atoms with E-state index in [0.717, 1.165) is 0 Å². The highest BCUT2D eigenvalue weighted by Crippen LogP contribution is 2.15. The second-order valence-corrected chi connectivity index (χ2v) is 5.55. The molecule has 1 saturated heterocycles. The average Bonchev–Trinajstić information content (AvgIpc) is 2.89. The fourth-order valence-corrected chi connectivity index (χ4v) is 2.25. The van der Waals surface area contributed by atoms with Gasteiger partial charge in [0.1, 0.15) is 0 Å². The summed E-state index contributed by atoms with van der Waals surface area (Å²) in [5, 5.41) is -0.262. The lowest BCUT2D eigenvalue weighted by Crippen LogP contribution is -2.40. The van der Waals surface area contributed by atoms with Crippen LogP contribution in [0.1, 0.15) is 10.6 Å². The first-order valence-electron chi connectivity index (χ1n) is 5.45. The molecule has 1 amide bonds. The van der Waals surface area contributed by atoms with Crippen LogP contribution in [0.25, 0.3) is 0 Å². The Morgan fingerprint density at radius 3 is 2.61 bits per heavy atom. The van der Waals surface area contributed by atoms with Crippen molar-refractivity contribution in [1.82, 2.24) is 9.62 Å². The summed E-state index contributed by atoms with van der Waals surface area (Å²) in [6, 6.07) is 2.63. The van der Waals surface area contributed by atoms with Gasteiger partial charge in [-0.25, -0.2) is 13.1 Å². The summed E-state index contributed by atoms with van der Waals surface area (Å²) >= 11 is 0. The largest absolute Gasteiger partial charge is 0.438 e. The lowest BCUT2D eigenvalue weighted by molar-refractivity contribution is 0.0279. The molecule has 1 aromatic heterocycles. The molecule has 1 aliphatic rings. The van der Waals surface area contributed by atoms with E-state index in [-0.39, 0.29) is 16.8 Å². The first-order chi connectivity index (χ1) is 8.54. The number of sulfonamides is 1. The smallest absolute Gasteiger partial charge is 0.289 e. The zero-order valence-electron chi connectivity index (χ0n) is 9.88. The Bertz CT molecular complexity index is 530. The summed E-state index contributed by atoms with van der Waals surface area (Å²) < 4.78 is 35.3. The van der Waals surface area contributed by atoms with Gasteiger partial charge in [-0.1, -0.05) is 0 Å². The Morgan fingerprint density at radius 1 is 1.33 bits per heavy atom. The standard InChI is InChI=1S/C10H14N2O5S/c1-11-18(14,15)9-3-2-8(17-9)10(13)12-4-6-16-7-5-12/h2-3,11H,4-7H2,1H3. The first kappa shape index (κ1) is 13.1. The molecule has 0 saturated carbocycles. The summed E-state index contributed by atoms with van der Waals surface area (Å²) in [5.41, 5.74) is 0. The zero-order valence-corrected chi connectivity index (χ0v) is 10.7. The van der Waals surface area contributed by atoms with Crippen molar-refractivity contribution in [3.63, 3.8) is 0 Å². The van der Waals surface area contributed by atoms with Crippen LogP contribution in [0.4, 0.5) is 0 Å². The van der Waals surface area contributed by atoms with Crippen molar-refractivity contribution in [2.75, 3.05) is 33.4 Å². The Kier molecular flexibility index (Phi) is 3.69. The van der Waals surface area contributed by atoms with Crippen molar-refractivity contribution in [2.24, 2.45) is 0 Å². The number of ether oxygens (including phenoxy) is 1. The minimum absolute atomic E-state index is 0.0192. The minimum atomic E-state index is -3.65. The van der Waals surface area contributed by atoms with Gasteiger partial charge in [0, 0.05) is 13.1 Å². The van der Waals surface area contributed by atoms with Crippen LogP contribution in [0.15, 0.2) is 21.6 Å². The van der Waals surface area contributed by atoms with Crippen LogP contribution in [0.5, 0.6) is 0 Å². The molecule has 2 rings (SSSR count). The van der Waals surface area contributed by atoms with Gasteiger partial charge in [0.2, 0.25) is 5.09 Å². The molecule has 7 nitrogen and oxygen atoms in total. The van der Waals surface area contributed by atoms with E-state index in [2.05, 4.69) is 4.72 Å². The monoisotopic (exact) mass is 274 g/mol. The summed E-state index contributed by atoms with van der Waals surface area (Å²) in [7, 11) is -2.37. The van der Waals surface area contributed by atoms with Crippen molar-refractivity contribution in [3.8, 4) is 0 Å². The van der Waals surface area contributed by atoms with Crippen LogP contribution in [-0.2, 0) is 14.8 Å². The number of nitrogens with zero attached hydrogens (tertiary/aromatic N) is 1. The Morgan fingerprint density at radius 2 is 2.00 bits per heavy atom. The van der Waals surface area contributed by atoms with E-state index in [9.17, 15) is 13.2 Å². The maximum absolute atomic E-state index is 12.0. The predicted molar refractivity (Wildman–Crippen MR) is 61.7 cm³/mol. The van der Waals surface area contributed by atoms with Crippen LogP contribution in [0, 0.1) is 0 Å². The molecule has 100 valence electrons. The molecule has 0 spiro atoms. The molecular formula is C10H14N2O5S. The summed E-state index contributed by atoms with van der Waals surface area (Å²) in [6.45, 7) is 1.92. The molecule has 0 bridgehead atoms. The molecule has 0 aromatic carbocycles. The van der Waals surface area contributed by atoms with Crippen LogP contribution < -0.4 is 4.72 Å². The number of hydrogen-bond acceptors (Lipinski definition) is 5. The average molecular weight is 274 g/mol. The molecule has 18 heavy (non-hydrogen) atoms. The van der Waals surface area contributed by atoms with E-state index in [1.54, 1.807) is 4.90 Å². The topological polar surface area (TPSA) is 88.9 Å². The van der Waals surface area contributed by atoms with Gasteiger partial charge in [-0.3, -0.25) is 4.79 Å². The third-order valence-electron chi connectivity index (χ3n) is 2.62. The fraction of sp³-hybridized carbons (Fsp3) is 0.500. The van der Waals surface area contributed by atoms with E-state index >= 15 is 0 Å². The normalized spacial score (nSPS) is 16.8. The van der Waals surface area contributed by atoms with Gasteiger partial charge >= 0.3 is 0 Å². The highest BCUT2D eigenvalue weighted by Gasteiger charge is 2.24. The van der Waals surface area contributed by atoms with Gasteiger partial charge in [-0.15, -0.1) is 0 Å². The van der Waals surface area contributed by atoms with Crippen LogP contribution in [0.2, 0.25) is 0 Å². The number of hydrogen-bond donors (Lipinski definition) is 1. The predicted octanol–water partition coefficient (Wildman–Crippen LogP) is -0.340. The Labute approximate surface area is 105 Å². The second-order valence-electron chi connectivity index (χ2n) is 3.73. The number of furan rings is 1. The van der Waals surface area contributed by atoms with E-state index in [1.165, 1.54) is 19.2 Å². The maximum atomic E-state index is 12.0. The lowest BCUT2D eigenvalue weighted by Gasteiger charge is -2.25. The molecule has 0 radical (unpaired) electrons. The highest BCUT2D eigenvalue weighted by atomic mass is 32.2. The Balaban J connectivity index is 2.17. The van der Waals surface area contributed by atoms with Crippen LogP contribution in [0.3, 0.4) is 0 Å². The third-order valence-corrected chi connectivity index (χ3v) is 3.91. The maximum Gasteiger partial charge on any atom is 0.289 e. The SMILES string of the molecule is CNS(=O)(=O)c1ccc(C(=O)N2CCOCC2)o1. The van der Waals surface area contributed by atoms with E-state index in [0.29, 0.717) is 26.3 Å². The van der Waals surface area contributed by atoms with Gasteiger partial charge in [0.05, 0.1) is 13.2 Å². The van der Waals surface area contributed by atoms with Crippen LogP contribution in [-0.4, -0.2) is 52.6 Å². The van der Waals surface area contributed by atoms with Gasteiger partial charge < -0.3 is 14.1 Å². The van der Waals surface area contributed by atoms with Crippen LogP contribution >= 0.6 is 0 Å². The molecule has 1 fully saturated rings. The molecule has 1 aliphatic heterocycles. The molecule has 8 heteroatoms. The number of rotatable bonds is 3. The van der Waals surface area contributed by atoms with Gasteiger partial charge in [-0.2, -0.15) is 0 Å². The zero-order chi connectivity index (χ0) is 13.2. The molecule has 0 atom stereocenters. The molecule has 1 N–H and O–H groups in total. The van der Waals surface area contributed by atoms with Crippen molar-refractivity contribution >= 4 is 15.9 Å². The number of amides is 1. The molecule has 2 heterocycles. The molecule has 0 aliphatic carbocycles. The van der Waals surface area contributed by atoms with Gasteiger partial charge in [-0.05, 0) is 19.2 Å². The van der Waals surface area contributed by atoms with Gasteiger partial charge in [0.25, 0.3) is 15.9 Å². The second kappa shape index (κ2) is 5.09. The quantitative estimate of drug-likeness (QED) is 0.814. The number of morpholine rings is 1. The van der Waals surface area contributed by atoms with Crippen molar-refractivity contribution < 1.29 is 22.4 Å². The summed E-state index contributed by atoms with van der Waals surface area (Å²) in [6.07, 6.45) is 0. The number of nitrogens with one attached hydrogen (secondary N) is 1. The highest BCUT2D eigenvalue weighted by molar-refractivity contribution is 7.89. The van der Waals surface area contributed by atoms with E-state index < -0.39 is 10.0 Å². The van der Waals surface area contributed by atoms with E-state index in [4.69, 9.17) is 9.15 Å². The summed E-state index contributed by atoms with van der Waals surface area (Å²) in [4.78, 5) is 13.6. The number of carbonyl (C=O) groups is 1. The third kappa shape index (κ3) is 2.55.